The largest absolute Gasteiger partial charge is 0.497 e. The summed E-state index contributed by atoms with van der Waals surface area (Å²) in [7, 11) is 3.66. The predicted molar refractivity (Wildman–Crippen MR) is 80.4 cm³/mol. The van der Waals surface area contributed by atoms with E-state index in [0.717, 1.165) is 16.6 Å². The Morgan fingerprint density at radius 3 is 2.63 bits per heavy atom. The SMILES string of the molecule is CNC(Cc1cc(OC)ccc1Br)c1ccncc1. The molecule has 1 N–H and O–H groups in total. The molecule has 3 nitrogen and oxygen atoms in total. The molecule has 1 heterocycles. The molecule has 1 atom stereocenters. The average molecular weight is 321 g/mol. The van der Waals surface area contributed by atoms with Crippen LogP contribution in [0, 0.1) is 0 Å². The number of likely N-dealkylation sites (N-methyl/N-ethyl adjacent to an activating group) is 1. The molecule has 0 aliphatic carbocycles. The molecule has 0 bridgehead atoms. The summed E-state index contributed by atoms with van der Waals surface area (Å²) in [6, 6.07) is 10.4. The van der Waals surface area contributed by atoms with Gasteiger partial charge in [-0.3, -0.25) is 4.98 Å². The molecule has 4 heteroatoms. The number of nitrogens with one attached hydrogen (secondary N) is 1. The van der Waals surface area contributed by atoms with Crippen LogP contribution in [0.5, 0.6) is 5.75 Å². The Labute approximate surface area is 122 Å². The van der Waals surface area contributed by atoms with Crippen LogP contribution in [0.2, 0.25) is 0 Å². The van der Waals surface area contributed by atoms with Crippen molar-refractivity contribution in [2.45, 2.75) is 12.5 Å². The summed E-state index contributed by atoms with van der Waals surface area (Å²) >= 11 is 3.59. The number of nitrogens with zero attached hydrogens (tertiary/aromatic N) is 1. The maximum absolute atomic E-state index is 5.28. The van der Waals surface area contributed by atoms with Crippen LogP contribution in [0.1, 0.15) is 17.2 Å². The van der Waals surface area contributed by atoms with Crippen LogP contribution in [-0.4, -0.2) is 19.1 Å². The zero-order valence-electron chi connectivity index (χ0n) is 11.1. The van der Waals surface area contributed by atoms with E-state index in [0.29, 0.717) is 0 Å². The van der Waals surface area contributed by atoms with Crippen LogP contribution in [-0.2, 0) is 6.42 Å². The third-order valence-electron chi connectivity index (χ3n) is 3.13. The number of hydrogen-bond donors (Lipinski definition) is 1. The molecule has 0 aliphatic rings. The van der Waals surface area contributed by atoms with Crippen molar-refractivity contribution in [3.63, 3.8) is 0 Å². The fourth-order valence-electron chi connectivity index (χ4n) is 2.04. The van der Waals surface area contributed by atoms with E-state index in [1.165, 1.54) is 11.1 Å². The molecule has 0 saturated heterocycles. The Hall–Kier alpha value is -1.39. The molecule has 0 saturated carbocycles. The van der Waals surface area contributed by atoms with Gasteiger partial charge in [0, 0.05) is 22.9 Å². The van der Waals surface area contributed by atoms with Crippen molar-refractivity contribution in [1.29, 1.82) is 0 Å². The topological polar surface area (TPSA) is 34.1 Å². The molecular formula is C15H17BrN2O. The number of methoxy groups -OCH3 is 1. The smallest absolute Gasteiger partial charge is 0.119 e. The first-order valence-electron chi connectivity index (χ1n) is 6.14. The summed E-state index contributed by atoms with van der Waals surface area (Å²) in [6.45, 7) is 0. The molecule has 2 aromatic rings. The van der Waals surface area contributed by atoms with Gasteiger partial charge in [-0.25, -0.2) is 0 Å². The third-order valence-corrected chi connectivity index (χ3v) is 3.91. The summed E-state index contributed by atoms with van der Waals surface area (Å²) in [4.78, 5) is 4.06. The van der Waals surface area contributed by atoms with Gasteiger partial charge in [0.1, 0.15) is 5.75 Å². The fraction of sp³-hybridized carbons (Fsp3) is 0.267. The second kappa shape index (κ2) is 6.68. The van der Waals surface area contributed by atoms with Gasteiger partial charge >= 0.3 is 0 Å². The van der Waals surface area contributed by atoms with Gasteiger partial charge in [0.05, 0.1) is 7.11 Å². The van der Waals surface area contributed by atoms with Crippen LogP contribution in [0.4, 0.5) is 0 Å². The first kappa shape index (κ1) is 14.0. The summed E-state index contributed by atoms with van der Waals surface area (Å²) in [5, 5.41) is 3.34. The van der Waals surface area contributed by atoms with Crippen molar-refractivity contribution in [3.05, 3.63) is 58.3 Å². The van der Waals surface area contributed by atoms with Crippen LogP contribution in [0.15, 0.2) is 47.2 Å². The van der Waals surface area contributed by atoms with E-state index in [4.69, 9.17) is 4.74 Å². The molecule has 0 aliphatic heterocycles. The van der Waals surface area contributed by atoms with E-state index in [1.54, 1.807) is 7.11 Å². The van der Waals surface area contributed by atoms with Gasteiger partial charge < -0.3 is 10.1 Å². The third kappa shape index (κ3) is 3.55. The number of hydrogen-bond acceptors (Lipinski definition) is 3. The highest BCUT2D eigenvalue weighted by atomic mass is 79.9. The Kier molecular flexibility index (Phi) is 4.93. The number of aromatic nitrogens is 1. The molecular weight excluding hydrogens is 304 g/mol. The lowest BCUT2D eigenvalue weighted by atomic mass is 10.00. The minimum atomic E-state index is 0.256. The Morgan fingerprint density at radius 1 is 1.26 bits per heavy atom. The molecule has 2 rings (SSSR count). The van der Waals surface area contributed by atoms with Gasteiger partial charge in [-0.2, -0.15) is 0 Å². The minimum Gasteiger partial charge on any atom is -0.497 e. The van der Waals surface area contributed by atoms with Crippen molar-refractivity contribution in [2.24, 2.45) is 0 Å². The number of rotatable bonds is 5. The Bertz CT molecular complexity index is 531. The van der Waals surface area contributed by atoms with E-state index >= 15 is 0 Å². The fourth-order valence-corrected chi connectivity index (χ4v) is 2.45. The van der Waals surface area contributed by atoms with Crippen LogP contribution < -0.4 is 10.1 Å². The summed E-state index contributed by atoms with van der Waals surface area (Å²) < 4.78 is 6.38. The van der Waals surface area contributed by atoms with E-state index in [1.807, 2.05) is 43.7 Å². The van der Waals surface area contributed by atoms with E-state index in [9.17, 15) is 0 Å². The van der Waals surface area contributed by atoms with Crippen molar-refractivity contribution in [2.75, 3.05) is 14.2 Å². The van der Waals surface area contributed by atoms with E-state index < -0.39 is 0 Å². The Morgan fingerprint density at radius 2 is 2.00 bits per heavy atom. The lowest BCUT2D eigenvalue weighted by Crippen LogP contribution is -2.19. The summed E-state index contributed by atoms with van der Waals surface area (Å²) in [5.41, 5.74) is 2.45. The highest BCUT2D eigenvalue weighted by Crippen LogP contribution is 2.27. The molecule has 0 spiro atoms. The molecule has 19 heavy (non-hydrogen) atoms. The van der Waals surface area contributed by atoms with Gasteiger partial charge in [0.15, 0.2) is 0 Å². The van der Waals surface area contributed by atoms with Gasteiger partial charge in [-0.15, -0.1) is 0 Å². The number of ether oxygens (including phenoxy) is 1. The van der Waals surface area contributed by atoms with Gasteiger partial charge in [0.2, 0.25) is 0 Å². The van der Waals surface area contributed by atoms with Gasteiger partial charge in [-0.1, -0.05) is 15.9 Å². The molecule has 0 radical (unpaired) electrons. The first-order chi connectivity index (χ1) is 9.24. The second-order valence-corrected chi connectivity index (χ2v) is 5.14. The Balaban J connectivity index is 2.23. The normalized spacial score (nSPS) is 12.2. The van der Waals surface area contributed by atoms with Gasteiger partial charge in [0.25, 0.3) is 0 Å². The van der Waals surface area contributed by atoms with Crippen molar-refractivity contribution >= 4 is 15.9 Å². The van der Waals surface area contributed by atoms with Gasteiger partial charge in [-0.05, 0) is 54.9 Å². The molecule has 1 aromatic heterocycles. The average Bonchev–Trinajstić information content (AvgIpc) is 2.47. The van der Waals surface area contributed by atoms with Crippen molar-refractivity contribution in [3.8, 4) is 5.75 Å². The quantitative estimate of drug-likeness (QED) is 0.917. The van der Waals surface area contributed by atoms with E-state index in [-0.39, 0.29) is 6.04 Å². The lowest BCUT2D eigenvalue weighted by molar-refractivity contribution is 0.414. The standard InChI is InChI=1S/C15H17BrN2O/c1-17-15(11-5-7-18-8-6-11)10-12-9-13(19-2)3-4-14(12)16/h3-9,15,17H,10H2,1-2H3. The zero-order chi connectivity index (χ0) is 13.7. The van der Waals surface area contributed by atoms with Crippen molar-refractivity contribution < 1.29 is 4.74 Å². The highest BCUT2D eigenvalue weighted by molar-refractivity contribution is 9.10. The van der Waals surface area contributed by atoms with Crippen LogP contribution in [0.25, 0.3) is 0 Å². The lowest BCUT2D eigenvalue weighted by Gasteiger charge is -2.18. The second-order valence-electron chi connectivity index (χ2n) is 4.28. The molecule has 0 amide bonds. The maximum atomic E-state index is 5.28. The van der Waals surface area contributed by atoms with Crippen LogP contribution >= 0.6 is 15.9 Å². The zero-order valence-corrected chi connectivity index (χ0v) is 12.6. The molecule has 1 unspecified atom stereocenters. The maximum Gasteiger partial charge on any atom is 0.119 e. The minimum absolute atomic E-state index is 0.256. The molecule has 100 valence electrons. The number of benzene rings is 1. The van der Waals surface area contributed by atoms with Crippen LogP contribution in [0.3, 0.4) is 0 Å². The number of pyridine rings is 1. The molecule has 1 aromatic carbocycles. The first-order valence-corrected chi connectivity index (χ1v) is 6.93. The predicted octanol–water partition coefficient (Wildman–Crippen LogP) is 3.36. The number of halogens is 1. The molecule has 0 fully saturated rings. The monoisotopic (exact) mass is 320 g/mol. The highest BCUT2D eigenvalue weighted by Gasteiger charge is 2.12. The summed E-state index contributed by atoms with van der Waals surface area (Å²) in [6.07, 6.45) is 4.53. The summed E-state index contributed by atoms with van der Waals surface area (Å²) in [5.74, 6) is 0.878. The van der Waals surface area contributed by atoms with Crippen molar-refractivity contribution in [1.82, 2.24) is 10.3 Å². The van der Waals surface area contributed by atoms with E-state index in [2.05, 4.69) is 32.3 Å².